The number of hydrogen-bond donors (Lipinski definition) is 0. The number of aromatic nitrogens is 1. The van der Waals surface area contributed by atoms with E-state index in [1.807, 2.05) is 6.07 Å². The van der Waals surface area contributed by atoms with Gasteiger partial charge in [-0.15, -0.1) is 0 Å². The minimum absolute atomic E-state index is 0.0198. The van der Waals surface area contributed by atoms with Crippen molar-refractivity contribution >= 4 is 53.5 Å². The van der Waals surface area contributed by atoms with Crippen molar-refractivity contribution in [2.45, 2.75) is 71.3 Å². The van der Waals surface area contributed by atoms with Gasteiger partial charge in [-0.1, -0.05) is 106 Å². The highest BCUT2D eigenvalue weighted by Crippen LogP contribution is 2.45. The quantitative estimate of drug-likeness (QED) is 0.309. The molecule has 0 saturated carbocycles. The van der Waals surface area contributed by atoms with Crippen LogP contribution in [0.25, 0.3) is 10.9 Å². The Morgan fingerprint density at radius 3 is 1.87 bits per heavy atom. The predicted octanol–water partition coefficient (Wildman–Crippen LogP) is 7.39. The smallest absolute Gasteiger partial charge is 0.186 e. The summed E-state index contributed by atoms with van der Waals surface area (Å²) in [5.41, 5.74) is 2.37. The first-order valence-corrected chi connectivity index (χ1v) is 17.0. The van der Waals surface area contributed by atoms with Crippen molar-refractivity contribution in [2.24, 2.45) is 0 Å². The summed E-state index contributed by atoms with van der Waals surface area (Å²) in [7, 11) is -4.48. The summed E-state index contributed by atoms with van der Waals surface area (Å²) in [5, 5.41) is 3.30. The van der Waals surface area contributed by atoms with Crippen molar-refractivity contribution in [1.82, 2.24) is 4.23 Å². The van der Waals surface area contributed by atoms with Gasteiger partial charge in [-0.05, 0) is 34.8 Å². The van der Waals surface area contributed by atoms with Crippen molar-refractivity contribution < 1.29 is 4.39 Å². The molecule has 0 atom stereocenters. The van der Waals surface area contributed by atoms with Crippen LogP contribution >= 0.6 is 15.9 Å². The third-order valence-electron chi connectivity index (χ3n) is 7.15. The Labute approximate surface area is 191 Å². The van der Waals surface area contributed by atoms with Crippen LogP contribution < -0.4 is 10.4 Å². The van der Waals surface area contributed by atoms with E-state index in [1.54, 1.807) is 0 Å². The van der Waals surface area contributed by atoms with E-state index < -0.39 is 16.3 Å². The molecule has 162 valence electrons. The van der Waals surface area contributed by atoms with Crippen LogP contribution in [0.2, 0.25) is 29.7 Å². The SMILES string of the molecule is CC(C)[Si](C(C)C)(C(C)C)n1c(F)c([Si](C)(C)c2ccccc2)c2cc(Br)ccc21. The number of nitrogens with zero attached hydrogens (tertiary/aromatic N) is 1. The van der Waals surface area contributed by atoms with Gasteiger partial charge in [-0.25, -0.2) is 0 Å². The van der Waals surface area contributed by atoms with Gasteiger partial charge in [0.1, 0.15) is 8.07 Å². The summed E-state index contributed by atoms with van der Waals surface area (Å²) in [6, 6.07) is 16.9. The zero-order valence-corrected chi connectivity index (χ0v) is 23.1. The highest BCUT2D eigenvalue weighted by Gasteiger charge is 2.49. The van der Waals surface area contributed by atoms with Crippen molar-refractivity contribution in [3.8, 4) is 0 Å². The minimum atomic E-state index is -2.24. The van der Waals surface area contributed by atoms with Crippen molar-refractivity contribution in [1.29, 1.82) is 0 Å². The van der Waals surface area contributed by atoms with Crippen LogP contribution in [0.15, 0.2) is 53.0 Å². The molecular weight excluding hydrogens is 469 g/mol. The third kappa shape index (κ3) is 3.47. The lowest BCUT2D eigenvalue weighted by molar-refractivity contribution is 0.566. The second-order valence-electron chi connectivity index (χ2n) is 10.0. The Bertz CT molecular complexity index is 1020. The summed E-state index contributed by atoms with van der Waals surface area (Å²) in [6.07, 6.45) is 0. The van der Waals surface area contributed by atoms with Gasteiger partial charge in [0.2, 0.25) is 0 Å². The number of rotatable bonds is 6. The summed E-state index contributed by atoms with van der Waals surface area (Å²) in [6.45, 7) is 18.4. The van der Waals surface area contributed by atoms with E-state index in [0.29, 0.717) is 16.6 Å². The Morgan fingerprint density at radius 1 is 0.833 bits per heavy atom. The molecule has 0 fully saturated rings. The van der Waals surface area contributed by atoms with E-state index in [0.717, 1.165) is 20.6 Å². The molecule has 0 unspecified atom stereocenters. The highest BCUT2D eigenvalue weighted by atomic mass is 79.9. The molecule has 1 aromatic heterocycles. The molecule has 0 aliphatic heterocycles. The van der Waals surface area contributed by atoms with E-state index in [9.17, 15) is 0 Å². The van der Waals surface area contributed by atoms with Crippen molar-refractivity contribution in [3.05, 3.63) is 59.0 Å². The topological polar surface area (TPSA) is 4.93 Å². The molecule has 3 rings (SSSR count). The number of hydrogen-bond acceptors (Lipinski definition) is 0. The molecular formula is C25H35BrFNSi2. The lowest BCUT2D eigenvalue weighted by atomic mass is 10.2. The standard InChI is InChI=1S/C25H35BrFNSi2/c1-17(2)30(18(3)4,19(5)6)28-23-15-14-20(26)16-22(23)24(25(28)27)29(7,8)21-12-10-9-11-13-21/h9-19H,1-8H3. The summed E-state index contributed by atoms with van der Waals surface area (Å²) < 4.78 is 20.0. The second-order valence-corrected chi connectivity index (χ2v) is 20.9. The van der Waals surface area contributed by atoms with Crippen LogP contribution in [-0.2, 0) is 0 Å². The molecule has 2 aromatic carbocycles. The van der Waals surface area contributed by atoms with Crippen LogP contribution in [-0.4, -0.2) is 20.5 Å². The molecule has 1 nitrogen and oxygen atoms in total. The van der Waals surface area contributed by atoms with Crippen LogP contribution in [0.1, 0.15) is 41.5 Å². The summed E-state index contributed by atoms with van der Waals surface area (Å²) >= 11 is 3.66. The molecule has 0 aliphatic carbocycles. The van der Waals surface area contributed by atoms with Crippen LogP contribution in [0.5, 0.6) is 0 Å². The monoisotopic (exact) mass is 503 g/mol. The summed E-state index contributed by atoms with van der Waals surface area (Å²) in [5.74, 6) is 0.0198. The first-order chi connectivity index (χ1) is 14.0. The second kappa shape index (κ2) is 8.40. The van der Waals surface area contributed by atoms with Crippen LogP contribution in [0, 0.1) is 5.95 Å². The zero-order valence-electron chi connectivity index (χ0n) is 19.6. The zero-order chi connectivity index (χ0) is 22.4. The molecule has 0 bridgehead atoms. The van der Waals surface area contributed by atoms with E-state index in [-0.39, 0.29) is 5.95 Å². The van der Waals surface area contributed by atoms with E-state index in [2.05, 4.69) is 117 Å². The Hall–Kier alpha value is -1.18. The van der Waals surface area contributed by atoms with Crippen LogP contribution in [0.4, 0.5) is 4.39 Å². The maximum Gasteiger partial charge on any atom is 0.186 e. The van der Waals surface area contributed by atoms with Crippen LogP contribution in [0.3, 0.4) is 0 Å². The largest absolute Gasteiger partial charge is 0.345 e. The molecule has 0 N–H and O–H groups in total. The fourth-order valence-corrected chi connectivity index (χ4v) is 15.9. The predicted molar refractivity (Wildman–Crippen MR) is 139 cm³/mol. The lowest BCUT2D eigenvalue weighted by Crippen LogP contribution is -2.56. The summed E-state index contributed by atoms with van der Waals surface area (Å²) in [4.78, 5) is 0. The van der Waals surface area contributed by atoms with Gasteiger partial charge in [0, 0.05) is 20.6 Å². The van der Waals surface area contributed by atoms with Gasteiger partial charge in [0.05, 0.1) is 0 Å². The number of benzene rings is 2. The van der Waals surface area contributed by atoms with E-state index in [4.69, 9.17) is 0 Å². The highest BCUT2D eigenvalue weighted by molar-refractivity contribution is 9.10. The number of halogens is 2. The molecule has 0 amide bonds. The Balaban J connectivity index is 2.49. The van der Waals surface area contributed by atoms with Gasteiger partial charge in [0.25, 0.3) is 0 Å². The molecule has 0 radical (unpaired) electrons. The molecule has 0 aliphatic rings. The van der Waals surface area contributed by atoms with E-state index in [1.165, 1.54) is 5.19 Å². The third-order valence-corrected chi connectivity index (χ3v) is 17.9. The molecule has 30 heavy (non-hydrogen) atoms. The first kappa shape index (κ1) is 23.5. The molecule has 1 heterocycles. The molecule has 5 heteroatoms. The average molecular weight is 505 g/mol. The number of fused-ring (bicyclic) bond motifs is 1. The molecule has 0 spiro atoms. The first-order valence-electron chi connectivity index (χ1n) is 11.0. The Kier molecular flexibility index (Phi) is 6.57. The maximum absolute atomic E-state index is 16.8. The van der Waals surface area contributed by atoms with E-state index >= 15 is 4.39 Å². The maximum atomic E-state index is 16.8. The average Bonchev–Trinajstić information content (AvgIpc) is 2.94. The normalized spacial score (nSPS) is 13.2. The fourth-order valence-electron chi connectivity index (χ4n) is 5.98. The Morgan fingerprint density at radius 2 is 1.37 bits per heavy atom. The van der Waals surface area contributed by atoms with Gasteiger partial charge >= 0.3 is 0 Å². The lowest BCUT2D eigenvalue weighted by Gasteiger charge is -2.44. The van der Waals surface area contributed by atoms with Gasteiger partial charge in [-0.2, -0.15) is 4.39 Å². The van der Waals surface area contributed by atoms with Crippen molar-refractivity contribution in [3.63, 3.8) is 0 Å². The minimum Gasteiger partial charge on any atom is -0.345 e. The molecule has 0 saturated heterocycles. The van der Waals surface area contributed by atoms with Gasteiger partial charge in [0.15, 0.2) is 14.2 Å². The molecule has 3 aromatic rings. The van der Waals surface area contributed by atoms with Gasteiger partial charge in [-0.3, -0.25) is 0 Å². The fraction of sp³-hybridized carbons (Fsp3) is 0.440. The van der Waals surface area contributed by atoms with Gasteiger partial charge < -0.3 is 4.23 Å². The van der Waals surface area contributed by atoms with Crippen molar-refractivity contribution in [2.75, 3.05) is 0 Å².